The van der Waals surface area contributed by atoms with Crippen molar-refractivity contribution in [3.05, 3.63) is 35.4 Å². The molecule has 16 heavy (non-hydrogen) atoms. The molecule has 1 aromatic carbocycles. The van der Waals surface area contributed by atoms with Crippen LogP contribution in [0, 0.1) is 6.92 Å². The van der Waals surface area contributed by atoms with Crippen LogP contribution in [-0.4, -0.2) is 24.2 Å². The molecule has 0 aliphatic heterocycles. The molecule has 0 bridgehead atoms. The molecule has 0 atom stereocenters. The van der Waals surface area contributed by atoms with Crippen LogP contribution in [0.15, 0.2) is 24.3 Å². The van der Waals surface area contributed by atoms with E-state index < -0.39 is 0 Å². The first kappa shape index (κ1) is 12.7. The highest BCUT2D eigenvalue weighted by Crippen LogP contribution is 2.04. The summed E-state index contributed by atoms with van der Waals surface area (Å²) in [6.07, 6.45) is 2.00. The van der Waals surface area contributed by atoms with Gasteiger partial charge in [0.15, 0.2) is 0 Å². The van der Waals surface area contributed by atoms with Crippen LogP contribution in [0.1, 0.15) is 24.0 Å². The largest absolute Gasteiger partial charge is 0.396 e. The second-order valence-corrected chi connectivity index (χ2v) is 3.95. The second-order valence-electron chi connectivity index (χ2n) is 3.95. The first-order chi connectivity index (χ1) is 7.72. The minimum atomic E-state index is 0.0449. The molecule has 1 aromatic rings. The molecule has 0 saturated heterocycles. The Balaban J connectivity index is 2.29. The molecule has 0 unspecified atom stereocenters. The Hall–Kier alpha value is -1.35. The van der Waals surface area contributed by atoms with Crippen molar-refractivity contribution < 1.29 is 9.90 Å². The number of benzene rings is 1. The lowest BCUT2D eigenvalue weighted by Gasteiger charge is -2.05. The number of amides is 1. The molecular formula is C13H19NO2. The number of unbranched alkanes of at least 4 members (excludes halogenated alkanes) is 1. The van der Waals surface area contributed by atoms with Crippen LogP contribution >= 0.6 is 0 Å². The van der Waals surface area contributed by atoms with Crippen LogP contribution < -0.4 is 5.32 Å². The molecule has 0 fully saturated rings. The standard InChI is InChI=1S/C13H19NO2/c1-11-5-4-6-12(9-11)10-13(16)14-7-2-3-8-15/h4-6,9,15H,2-3,7-8,10H2,1H3,(H,14,16). The topological polar surface area (TPSA) is 49.3 Å². The summed E-state index contributed by atoms with van der Waals surface area (Å²) in [5, 5.41) is 11.4. The van der Waals surface area contributed by atoms with Crippen molar-refractivity contribution >= 4 is 5.91 Å². The van der Waals surface area contributed by atoms with Gasteiger partial charge in [0.1, 0.15) is 0 Å². The Morgan fingerprint density at radius 3 is 2.88 bits per heavy atom. The number of carbonyl (C=O) groups is 1. The highest BCUT2D eigenvalue weighted by Gasteiger charge is 2.02. The molecule has 2 N–H and O–H groups in total. The number of nitrogens with one attached hydrogen (secondary N) is 1. The van der Waals surface area contributed by atoms with E-state index in [0.29, 0.717) is 13.0 Å². The van der Waals surface area contributed by atoms with Gasteiger partial charge >= 0.3 is 0 Å². The summed E-state index contributed by atoms with van der Waals surface area (Å²) in [6, 6.07) is 7.96. The molecule has 0 aromatic heterocycles. The number of aliphatic hydroxyl groups excluding tert-OH is 1. The predicted octanol–water partition coefficient (Wildman–Crippen LogP) is 1.43. The molecule has 0 aliphatic carbocycles. The van der Waals surface area contributed by atoms with Gasteiger partial charge < -0.3 is 10.4 Å². The van der Waals surface area contributed by atoms with Gasteiger partial charge in [-0.05, 0) is 25.3 Å². The zero-order valence-corrected chi connectivity index (χ0v) is 9.70. The van der Waals surface area contributed by atoms with Gasteiger partial charge in [-0.15, -0.1) is 0 Å². The van der Waals surface area contributed by atoms with Crippen LogP contribution in [0.25, 0.3) is 0 Å². The summed E-state index contributed by atoms with van der Waals surface area (Å²) in [5.74, 6) is 0.0449. The van der Waals surface area contributed by atoms with E-state index in [-0.39, 0.29) is 12.5 Å². The number of carbonyl (C=O) groups excluding carboxylic acids is 1. The van der Waals surface area contributed by atoms with Crippen LogP contribution in [0.4, 0.5) is 0 Å². The SMILES string of the molecule is Cc1cccc(CC(=O)NCCCCO)c1. The smallest absolute Gasteiger partial charge is 0.224 e. The van der Waals surface area contributed by atoms with E-state index in [9.17, 15) is 4.79 Å². The summed E-state index contributed by atoms with van der Waals surface area (Å²) in [4.78, 5) is 11.5. The van der Waals surface area contributed by atoms with Crippen LogP contribution in [0.5, 0.6) is 0 Å². The summed E-state index contributed by atoms with van der Waals surface area (Å²) < 4.78 is 0. The fourth-order valence-corrected chi connectivity index (χ4v) is 1.53. The van der Waals surface area contributed by atoms with Gasteiger partial charge in [0.05, 0.1) is 6.42 Å². The van der Waals surface area contributed by atoms with Gasteiger partial charge in [0, 0.05) is 13.2 Å². The van der Waals surface area contributed by atoms with E-state index in [4.69, 9.17) is 5.11 Å². The number of hydrogen-bond donors (Lipinski definition) is 2. The van der Waals surface area contributed by atoms with Crippen molar-refractivity contribution in [1.29, 1.82) is 0 Å². The Bertz CT molecular complexity index is 336. The van der Waals surface area contributed by atoms with Gasteiger partial charge in [0.25, 0.3) is 0 Å². The van der Waals surface area contributed by atoms with Gasteiger partial charge in [-0.25, -0.2) is 0 Å². The van der Waals surface area contributed by atoms with Gasteiger partial charge in [-0.2, -0.15) is 0 Å². The first-order valence-electron chi connectivity index (χ1n) is 5.65. The lowest BCUT2D eigenvalue weighted by Crippen LogP contribution is -2.26. The van der Waals surface area contributed by atoms with E-state index in [2.05, 4.69) is 5.32 Å². The lowest BCUT2D eigenvalue weighted by molar-refractivity contribution is -0.120. The van der Waals surface area contributed by atoms with Crippen molar-refractivity contribution in [3.8, 4) is 0 Å². The van der Waals surface area contributed by atoms with Crippen LogP contribution in [0.2, 0.25) is 0 Å². The number of aryl methyl sites for hydroxylation is 1. The predicted molar refractivity (Wildman–Crippen MR) is 64.2 cm³/mol. The molecule has 0 saturated carbocycles. The Morgan fingerprint density at radius 2 is 2.19 bits per heavy atom. The molecule has 3 nitrogen and oxygen atoms in total. The highest BCUT2D eigenvalue weighted by atomic mass is 16.2. The van der Waals surface area contributed by atoms with Crippen molar-refractivity contribution in [3.63, 3.8) is 0 Å². The van der Waals surface area contributed by atoms with E-state index in [0.717, 1.165) is 18.4 Å². The van der Waals surface area contributed by atoms with Gasteiger partial charge in [-0.3, -0.25) is 4.79 Å². The van der Waals surface area contributed by atoms with Crippen molar-refractivity contribution in [1.82, 2.24) is 5.32 Å². The number of rotatable bonds is 6. The van der Waals surface area contributed by atoms with Crippen molar-refractivity contribution in [2.24, 2.45) is 0 Å². The summed E-state index contributed by atoms with van der Waals surface area (Å²) in [7, 11) is 0. The van der Waals surface area contributed by atoms with Crippen LogP contribution in [0.3, 0.4) is 0 Å². The van der Waals surface area contributed by atoms with E-state index in [1.165, 1.54) is 5.56 Å². The van der Waals surface area contributed by atoms with E-state index in [1.54, 1.807) is 0 Å². The Morgan fingerprint density at radius 1 is 1.38 bits per heavy atom. The molecule has 3 heteroatoms. The normalized spacial score (nSPS) is 10.1. The van der Waals surface area contributed by atoms with Gasteiger partial charge in [-0.1, -0.05) is 29.8 Å². The summed E-state index contributed by atoms with van der Waals surface area (Å²) in [5.41, 5.74) is 2.21. The third kappa shape index (κ3) is 4.94. The number of hydrogen-bond acceptors (Lipinski definition) is 2. The van der Waals surface area contributed by atoms with Crippen molar-refractivity contribution in [2.75, 3.05) is 13.2 Å². The monoisotopic (exact) mass is 221 g/mol. The number of aliphatic hydroxyl groups is 1. The molecular weight excluding hydrogens is 202 g/mol. The Labute approximate surface area is 96.5 Å². The zero-order chi connectivity index (χ0) is 11.8. The van der Waals surface area contributed by atoms with E-state index >= 15 is 0 Å². The average molecular weight is 221 g/mol. The minimum Gasteiger partial charge on any atom is -0.396 e. The molecule has 0 aliphatic rings. The summed E-state index contributed by atoms with van der Waals surface area (Å²) >= 11 is 0. The molecule has 0 radical (unpaired) electrons. The Kier molecular flexibility index (Phi) is 5.57. The molecule has 0 spiro atoms. The second kappa shape index (κ2) is 7.01. The van der Waals surface area contributed by atoms with Gasteiger partial charge in [0.2, 0.25) is 5.91 Å². The third-order valence-corrected chi connectivity index (χ3v) is 2.35. The zero-order valence-electron chi connectivity index (χ0n) is 9.70. The fourth-order valence-electron chi connectivity index (χ4n) is 1.53. The van der Waals surface area contributed by atoms with E-state index in [1.807, 2.05) is 31.2 Å². The first-order valence-corrected chi connectivity index (χ1v) is 5.65. The maximum absolute atomic E-state index is 11.5. The molecule has 88 valence electrons. The lowest BCUT2D eigenvalue weighted by atomic mass is 10.1. The molecule has 0 heterocycles. The third-order valence-electron chi connectivity index (χ3n) is 2.35. The molecule has 1 rings (SSSR count). The average Bonchev–Trinajstić information content (AvgIpc) is 2.24. The van der Waals surface area contributed by atoms with Crippen LogP contribution in [-0.2, 0) is 11.2 Å². The maximum Gasteiger partial charge on any atom is 0.224 e. The molecule has 1 amide bonds. The fraction of sp³-hybridized carbons (Fsp3) is 0.462. The summed E-state index contributed by atoms with van der Waals surface area (Å²) in [6.45, 7) is 2.85. The highest BCUT2D eigenvalue weighted by molar-refractivity contribution is 5.78. The maximum atomic E-state index is 11.5. The van der Waals surface area contributed by atoms with Crippen molar-refractivity contribution in [2.45, 2.75) is 26.2 Å². The minimum absolute atomic E-state index is 0.0449. The quantitative estimate of drug-likeness (QED) is 0.714.